The molecule has 0 radical (unpaired) electrons. The van der Waals surface area contributed by atoms with Gasteiger partial charge in [-0.15, -0.1) is 0 Å². The first-order valence-electron chi connectivity index (χ1n) is 18.4. The minimum atomic E-state index is 0.404. The van der Waals surface area contributed by atoms with E-state index in [0.29, 0.717) is 11.1 Å². The summed E-state index contributed by atoms with van der Waals surface area (Å²) in [4.78, 5) is 0. The largest absolute Gasteiger partial charge is 0.192 e. The van der Waals surface area contributed by atoms with Crippen LogP contribution in [0.4, 0.5) is 0 Å². The fourth-order valence-electron chi connectivity index (χ4n) is 6.96. The highest BCUT2D eigenvalue weighted by Crippen LogP contribution is 2.38. The predicted molar refractivity (Wildman–Crippen MR) is 215 cm³/mol. The number of unbranched alkanes of at least 4 members (excludes halogenated alkanes) is 6. The maximum absolute atomic E-state index is 9.93. The van der Waals surface area contributed by atoms with Crippen LogP contribution in [-0.4, -0.2) is 0 Å². The third-order valence-electron chi connectivity index (χ3n) is 9.89. The SMILES string of the molecule is CCCCCCc1ccc(/C=C/c2ccc3c4ccc(/C=C/c5ccc(CCCCCC)cc5)cc4c4cc(C#N)c(C#N)cc4c3c2)cc1. The molecule has 0 atom stereocenters. The Balaban J connectivity index is 1.32. The smallest absolute Gasteiger partial charge is 0.101 e. The van der Waals surface area contributed by atoms with E-state index in [-0.39, 0.29) is 0 Å². The number of aryl methyl sites for hydroxylation is 2. The van der Waals surface area contributed by atoms with Gasteiger partial charge in [0.2, 0.25) is 0 Å². The topological polar surface area (TPSA) is 47.6 Å². The van der Waals surface area contributed by atoms with Crippen LogP contribution in [0.2, 0.25) is 0 Å². The second-order valence-corrected chi connectivity index (χ2v) is 13.5. The molecular weight excluding hydrogens is 605 g/mol. The summed E-state index contributed by atoms with van der Waals surface area (Å²) in [5.74, 6) is 0. The van der Waals surface area contributed by atoms with Gasteiger partial charge in [-0.2, -0.15) is 10.5 Å². The molecule has 0 aliphatic heterocycles. The molecule has 6 rings (SSSR count). The normalized spacial score (nSPS) is 11.6. The van der Waals surface area contributed by atoms with E-state index in [0.717, 1.165) is 56.3 Å². The van der Waals surface area contributed by atoms with Crippen molar-refractivity contribution in [3.05, 3.63) is 142 Å². The highest BCUT2D eigenvalue weighted by atomic mass is 14.3. The standard InChI is InChI=1S/C48H46N2/c1-3-5-7-9-11-35-13-17-37(18-14-35)21-23-39-25-27-43-44-28-26-40(24-22-38-19-15-36(16-20-38)12-10-8-6-4-2)30-46(44)48-32-42(34-50)41(33-49)31-47(48)45(43)29-39/h13-32H,3-12H2,1-2H3/b23-21+,24-22+. The fourth-order valence-corrected chi connectivity index (χ4v) is 6.96. The zero-order chi connectivity index (χ0) is 34.7. The van der Waals surface area contributed by atoms with E-state index in [2.05, 4.69) is 135 Å². The molecule has 0 fully saturated rings. The van der Waals surface area contributed by atoms with Crippen molar-refractivity contribution in [2.45, 2.75) is 78.1 Å². The Morgan fingerprint density at radius 3 is 1.14 bits per heavy atom. The van der Waals surface area contributed by atoms with Gasteiger partial charge >= 0.3 is 0 Å². The Morgan fingerprint density at radius 1 is 0.400 bits per heavy atom. The van der Waals surface area contributed by atoms with E-state index in [9.17, 15) is 10.5 Å². The quantitative estimate of drug-likeness (QED) is 0.0669. The van der Waals surface area contributed by atoms with E-state index in [4.69, 9.17) is 0 Å². The Labute approximate surface area is 298 Å². The molecule has 0 saturated heterocycles. The van der Waals surface area contributed by atoms with Crippen molar-refractivity contribution in [2.24, 2.45) is 0 Å². The Bertz CT molecular complexity index is 2080. The minimum absolute atomic E-state index is 0.404. The van der Waals surface area contributed by atoms with Crippen LogP contribution in [-0.2, 0) is 12.8 Å². The molecule has 0 N–H and O–H groups in total. The third-order valence-corrected chi connectivity index (χ3v) is 9.89. The van der Waals surface area contributed by atoms with Crippen molar-refractivity contribution < 1.29 is 0 Å². The molecule has 0 aliphatic carbocycles. The van der Waals surface area contributed by atoms with Gasteiger partial charge in [-0.05, 0) is 116 Å². The predicted octanol–water partition coefficient (Wildman–Crippen LogP) is 13.5. The average molecular weight is 651 g/mol. The number of nitriles is 2. The first-order valence-corrected chi connectivity index (χ1v) is 18.4. The lowest BCUT2D eigenvalue weighted by atomic mass is 9.90. The van der Waals surface area contributed by atoms with Gasteiger partial charge in [-0.3, -0.25) is 0 Å². The molecule has 0 heterocycles. The average Bonchev–Trinajstić information content (AvgIpc) is 3.16. The molecule has 0 amide bonds. The van der Waals surface area contributed by atoms with Crippen molar-refractivity contribution >= 4 is 56.6 Å². The Hall–Kier alpha value is -5.44. The van der Waals surface area contributed by atoms with Crippen LogP contribution in [0.25, 0.3) is 56.6 Å². The molecule has 6 aromatic rings. The van der Waals surface area contributed by atoms with E-state index >= 15 is 0 Å². The molecule has 50 heavy (non-hydrogen) atoms. The lowest BCUT2D eigenvalue weighted by Crippen LogP contribution is -1.90. The molecule has 248 valence electrons. The number of benzene rings is 6. The van der Waals surface area contributed by atoms with Crippen molar-refractivity contribution in [3.8, 4) is 12.1 Å². The van der Waals surface area contributed by atoms with Gasteiger partial charge in [0, 0.05) is 0 Å². The first-order chi connectivity index (χ1) is 24.6. The molecule has 0 spiro atoms. The van der Waals surface area contributed by atoms with Crippen LogP contribution in [0.3, 0.4) is 0 Å². The second kappa shape index (κ2) is 16.8. The zero-order valence-corrected chi connectivity index (χ0v) is 29.5. The number of fused-ring (bicyclic) bond motifs is 6. The summed E-state index contributed by atoms with van der Waals surface area (Å²) >= 11 is 0. The van der Waals surface area contributed by atoms with E-state index < -0.39 is 0 Å². The summed E-state index contributed by atoms with van der Waals surface area (Å²) in [5, 5.41) is 26.3. The number of nitrogens with zero attached hydrogens (tertiary/aromatic N) is 2. The highest BCUT2D eigenvalue weighted by molar-refractivity contribution is 6.26. The summed E-state index contributed by atoms with van der Waals surface area (Å²) in [7, 11) is 0. The molecule has 0 aliphatic rings. The maximum atomic E-state index is 9.93. The van der Waals surface area contributed by atoms with Crippen LogP contribution >= 0.6 is 0 Å². The van der Waals surface area contributed by atoms with Crippen LogP contribution < -0.4 is 0 Å². The lowest BCUT2D eigenvalue weighted by molar-refractivity contribution is 0.667. The van der Waals surface area contributed by atoms with Gasteiger partial charge in [-0.1, -0.05) is 149 Å². The molecule has 2 heteroatoms. The Kier molecular flexibility index (Phi) is 11.6. The van der Waals surface area contributed by atoms with Crippen molar-refractivity contribution in [3.63, 3.8) is 0 Å². The summed E-state index contributed by atoms with van der Waals surface area (Å²) in [6.45, 7) is 4.50. The van der Waals surface area contributed by atoms with Crippen molar-refractivity contribution in [2.75, 3.05) is 0 Å². The van der Waals surface area contributed by atoms with Gasteiger partial charge in [0.1, 0.15) is 12.1 Å². The van der Waals surface area contributed by atoms with Gasteiger partial charge in [0.05, 0.1) is 11.1 Å². The molecule has 6 aromatic carbocycles. The van der Waals surface area contributed by atoms with Gasteiger partial charge in [-0.25, -0.2) is 0 Å². The van der Waals surface area contributed by atoms with Crippen LogP contribution in [0.1, 0.15) is 110 Å². The fraction of sp³-hybridized carbons (Fsp3) is 0.250. The zero-order valence-electron chi connectivity index (χ0n) is 29.5. The van der Waals surface area contributed by atoms with E-state index in [1.165, 1.54) is 73.6 Å². The second-order valence-electron chi connectivity index (χ2n) is 13.5. The monoisotopic (exact) mass is 650 g/mol. The molecule has 2 nitrogen and oxygen atoms in total. The van der Waals surface area contributed by atoms with Gasteiger partial charge in [0.25, 0.3) is 0 Å². The molecule has 0 unspecified atom stereocenters. The van der Waals surface area contributed by atoms with Crippen LogP contribution in [0.15, 0.2) is 97.1 Å². The summed E-state index contributed by atoms with van der Waals surface area (Å²) in [6, 6.07) is 39.3. The molecule has 0 bridgehead atoms. The van der Waals surface area contributed by atoms with E-state index in [1.54, 1.807) is 0 Å². The maximum Gasteiger partial charge on any atom is 0.101 e. The highest BCUT2D eigenvalue weighted by Gasteiger charge is 2.13. The number of hydrogen-bond donors (Lipinski definition) is 0. The number of hydrogen-bond acceptors (Lipinski definition) is 2. The van der Waals surface area contributed by atoms with Gasteiger partial charge < -0.3 is 0 Å². The van der Waals surface area contributed by atoms with Crippen LogP contribution in [0, 0.1) is 22.7 Å². The van der Waals surface area contributed by atoms with Crippen molar-refractivity contribution in [1.29, 1.82) is 10.5 Å². The minimum Gasteiger partial charge on any atom is -0.192 e. The van der Waals surface area contributed by atoms with E-state index in [1.807, 2.05) is 12.1 Å². The summed E-state index contributed by atoms with van der Waals surface area (Å²) in [5.41, 5.74) is 8.14. The number of rotatable bonds is 14. The lowest BCUT2D eigenvalue weighted by Gasteiger charge is -2.13. The van der Waals surface area contributed by atoms with Gasteiger partial charge in [0.15, 0.2) is 0 Å². The molecular formula is C48H46N2. The third kappa shape index (κ3) is 8.22. The summed E-state index contributed by atoms with van der Waals surface area (Å²) in [6.07, 6.45) is 21.2. The molecule has 0 saturated carbocycles. The summed E-state index contributed by atoms with van der Waals surface area (Å²) < 4.78 is 0. The van der Waals surface area contributed by atoms with Crippen LogP contribution in [0.5, 0.6) is 0 Å². The van der Waals surface area contributed by atoms with Crippen molar-refractivity contribution in [1.82, 2.24) is 0 Å². The first kappa shape index (κ1) is 34.4. The Morgan fingerprint density at radius 2 is 0.760 bits per heavy atom. The molecule has 0 aromatic heterocycles.